The van der Waals surface area contributed by atoms with Crippen LogP contribution >= 0.6 is 0 Å². The third kappa shape index (κ3) is 2.37. The van der Waals surface area contributed by atoms with Crippen LogP contribution in [0.5, 0.6) is 0 Å². The van der Waals surface area contributed by atoms with E-state index in [1.165, 1.54) is 5.56 Å². The number of aromatic nitrogens is 5. The molecule has 0 bridgehead atoms. The van der Waals surface area contributed by atoms with Crippen molar-refractivity contribution < 1.29 is 4.79 Å². The second kappa shape index (κ2) is 5.84. The standard InChI is InChI=1S/C20H22N6O/c1-13-22-11-14-5-6-16-20(2,17(14)24-13)7-3-9-25(16)19(27)15-12-23-26-10-4-8-21-18(15)26/h4,8,10-12,16H,3,5-7,9H2,1-2H3/t16-,20+/m0/s1. The zero-order valence-electron chi connectivity index (χ0n) is 15.6. The highest BCUT2D eigenvalue weighted by Crippen LogP contribution is 2.45. The van der Waals surface area contributed by atoms with Crippen LogP contribution in [0.1, 0.15) is 53.6 Å². The van der Waals surface area contributed by atoms with Gasteiger partial charge in [-0.05, 0) is 44.2 Å². The van der Waals surface area contributed by atoms with Crippen molar-refractivity contribution in [2.24, 2.45) is 0 Å². The summed E-state index contributed by atoms with van der Waals surface area (Å²) >= 11 is 0. The number of likely N-dealkylation sites (tertiary alicyclic amines) is 1. The molecule has 5 rings (SSSR count). The largest absolute Gasteiger partial charge is 0.335 e. The maximum absolute atomic E-state index is 13.5. The molecule has 2 aliphatic rings. The lowest BCUT2D eigenvalue weighted by Crippen LogP contribution is -2.57. The number of nitrogens with zero attached hydrogens (tertiary/aromatic N) is 6. The van der Waals surface area contributed by atoms with Gasteiger partial charge in [0.25, 0.3) is 5.91 Å². The van der Waals surface area contributed by atoms with Crippen LogP contribution in [-0.4, -0.2) is 48.0 Å². The molecule has 138 valence electrons. The lowest BCUT2D eigenvalue weighted by Gasteiger charge is -2.51. The molecule has 3 aromatic heterocycles. The van der Waals surface area contributed by atoms with E-state index in [9.17, 15) is 4.79 Å². The van der Waals surface area contributed by atoms with Crippen LogP contribution in [0.15, 0.2) is 30.9 Å². The van der Waals surface area contributed by atoms with Crippen molar-refractivity contribution >= 4 is 11.6 Å². The summed E-state index contributed by atoms with van der Waals surface area (Å²) in [7, 11) is 0. The number of amides is 1. The van der Waals surface area contributed by atoms with Crippen LogP contribution in [-0.2, 0) is 11.8 Å². The average molecular weight is 362 g/mol. The predicted molar refractivity (Wildman–Crippen MR) is 99.5 cm³/mol. The number of carbonyl (C=O) groups is 1. The third-order valence-electron chi connectivity index (χ3n) is 6.19. The molecule has 0 radical (unpaired) electrons. The van der Waals surface area contributed by atoms with Gasteiger partial charge in [-0.2, -0.15) is 5.10 Å². The number of carbonyl (C=O) groups excluding carboxylic acids is 1. The first-order chi connectivity index (χ1) is 13.1. The molecule has 0 N–H and O–H groups in total. The maximum atomic E-state index is 13.5. The first-order valence-corrected chi connectivity index (χ1v) is 9.50. The molecule has 1 saturated heterocycles. The molecule has 1 aliphatic carbocycles. The minimum Gasteiger partial charge on any atom is -0.335 e. The summed E-state index contributed by atoms with van der Waals surface area (Å²) < 4.78 is 1.66. The van der Waals surface area contributed by atoms with E-state index in [0.29, 0.717) is 11.2 Å². The van der Waals surface area contributed by atoms with Crippen molar-refractivity contribution in [2.45, 2.75) is 51.0 Å². The number of hydrogen-bond acceptors (Lipinski definition) is 5. The monoisotopic (exact) mass is 362 g/mol. The molecule has 0 saturated carbocycles. The van der Waals surface area contributed by atoms with Crippen LogP contribution in [0.25, 0.3) is 5.65 Å². The van der Waals surface area contributed by atoms with Gasteiger partial charge in [0.05, 0.1) is 11.9 Å². The third-order valence-corrected chi connectivity index (χ3v) is 6.19. The van der Waals surface area contributed by atoms with Gasteiger partial charge in [-0.15, -0.1) is 0 Å². The molecular formula is C20H22N6O. The first-order valence-electron chi connectivity index (χ1n) is 9.50. The van der Waals surface area contributed by atoms with Crippen LogP contribution in [0.3, 0.4) is 0 Å². The predicted octanol–water partition coefficient (Wildman–Crippen LogP) is 2.34. The zero-order valence-corrected chi connectivity index (χ0v) is 15.6. The van der Waals surface area contributed by atoms with E-state index < -0.39 is 0 Å². The number of hydrogen-bond donors (Lipinski definition) is 0. The molecule has 3 aromatic rings. The van der Waals surface area contributed by atoms with Gasteiger partial charge in [0.2, 0.25) is 0 Å². The Morgan fingerprint density at radius 3 is 3.07 bits per heavy atom. The minimum absolute atomic E-state index is 0.0221. The van der Waals surface area contributed by atoms with Gasteiger partial charge in [-0.1, -0.05) is 6.92 Å². The molecule has 0 spiro atoms. The van der Waals surface area contributed by atoms with E-state index in [2.05, 4.69) is 22.0 Å². The maximum Gasteiger partial charge on any atom is 0.259 e. The van der Waals surface area contributed by atoms with Gasteiger partial charge < -0.3 is 4.90 Å². The molecule has 0 unspecified atom stereocenters. The quantitative estimate of drug-likeness (QED) is 0.664. The minimum atomic E-state index is -0.133. The highest BCUT2D eigenvalue weighted by atomic mass is 16.2. The van der Waals surface area contributed by atoms with Gasteiger partial charge in [0, 0.05) is 36.6 Å². The topological polar surface area (TPSA) is 76.3 Å². The van der Waals surface area contributed by atoms with Gasteiger partial charge in [0.15, 0.2) is 5.65 Å². The van der Waals surface area contributed by atoms with Crippen molar-refractivity contribution in [1.29, 1.82) is 0 Å². The van der Waals surface area contributed by atoms with Crippen molar-refractivity contribution in [1.82, 2.24) is 29.5 Å². The van der Waals surface area contributed by atoms with E-state index in [1.54, 1.807) is 16.9 Å². The van der Waals surface area contributed by atoms with Gasteiger partial charge in [-0.3, -0.25) is 4.79 Å². The summed E-state index contributed by atoms with van der Waals surface area (Å²) in [6, 6.07) is 1.95. The van der Waals surface area contributed by atoms with E-state index in [0.717, 1.165) is 43.7 Å². The number of fused-ring (bicyclic) bond motifs is 4. The SMILES string of the molecule is Cc1ncc2c(n1)[C@]1(C)CCCN(C(=O)c3cnn4cccnc34)[C@H]1CC2. The Kier molecular flexibility index (Phi) is 3.54. The molecule has 27 heavy (non-hydrogen) atoms. The Hall–Kier alpha value is -2.83. The Labute approximate surface area is 157 Å². The average Bonchev–Trinajstić information content (AvgIpc) is 3.11. The second-order valence-electron chi connectivity index (χ2n) is 7.81. The summed E-state index contributed by atoms with van der Waals surface area (Å²) in [5.41, 5.74) is 3.41. The van der Waals surface area contributed by atoms with E-state index in [-0.39, 0.29) is 17.4 Å². The summed E-state index contributed by atoms with van der Waals surface area (Å²) in [5, 5.41) is 4.29. The van der Waals surface area contributed by atoms with Gasteiger partial charge in [-0.25, -0.2) is 19.5 Å². The van der Waals surface area contributed by atoms with Crippen molar-refractivity contribution in [3.8, 4) is 0 Å². The number of aryl methyl sites for hydroxylation is 2. The summed E-state index contributed by atoms with van der Waals surface area (Å²) in [5.74, 6) is 0.819. The molecule has 0 aromatic carbocycles. The van der Waals surface area contributed by atoms with Crippen LogP contribution in [0, 0.1) is 6.92 Å². The lowest BCUT2D eigenvalue weighted by molar-refractivity contribution is 0.0380. The van der Waals surface area contributed by atoms with E-state index in [1.807, 2.05) is 30.3 Å². The molecule has 7 nitrogen and oxygen atoms in total. The van der Waals surface area contributed by atoms with E-state index in [4.69, 9.17) is 4.98 Å². The molecule has 1 fully saturated rings. The van der Waals surface area contributed by atoms with Crippen molar-refractivity contribution in [2.75, 3.05) is 6.54 Å². The summed E-state index contributed by atoms with van der Waals surface area (Å²) in [4.78, 5) is 29.0. The Morgan fingerprint density at radius 2 is 2.19 bits per heavy atom. The van der Waals surface area contributed by atoms with E-state index >= 15 is 0 Å². The molecule has 7 heteroatoms. The fraction of sp³-hybridized carbons (Fsp3) is 0.450. The molecule has 2 atom stereocenters. The normalized spacial score (nSPS) is 24.5. The summed E-state index contributed by atoms with van der Waals surface area (Å²) in [6.45, 7) is 4.96. The summed E-state index contributed by atoms with van der Waals surface area (Å²) in [6.07, 6.45) is 11.0. The first kappa shape index (κ1) is 16.4. The Balaban J connectivity index is 1.56. The highest BCUT2D eigenvalue weighted by Gasteiger charge is 2.48. The van der Waals surface area contributed by atoms with Crippen molar-refractivity contribution in [3.63, 3.8) is 0 Å². The van der Waals surface area contributed by atoms with Crippen LogP contribution < -0.4 is 0 Å². The van der Waals surface area contributed by atoms with Gasteiger partial charge >= 0.3 is 0 Å². The molecule has 1 aliphatic heterocycles. The fourth-order valence-electron chi connectivity index (χ4n) is 4.87. The highest BCUT2D eigenvalue weighted by molar-refractivity contribution is 6.00. The number of rotatable bonds is 1. The second-order valence-corrected chi connectivity index (χ2v) is 7.81. The lowest BCUT2D eigenvalue weighted by atomic mass is 9.65. The Morgan fingerprint density at radius 1 is 1.30 bits per heavy atom. The fourth-order valence-corrected chi connectivity index (χ4v) is 4.87. The molecule has 4 heterocycles. The van der Waals surface area contributed by atoms with Crippen molar-refractivity contribution in [3.05, 3.63) is 53.5 Å². The number of piperidine rings is 1. The molecular weight excluding hydrogens is 340 g/mol. The Bertz CT molecular complexity index is 1040. The van der Waals surface area contributed by atoms with Gasteiger partial charge in [0.1, 0.15) is 11.4 Å². The van der Waals surface area contributed by atoms with Crippen LogP contribution in [0.2, 0.25) is 0 Å². The zero-order chi connectivity index (χ0) is 18.6. The van der Waals surface area contributed by atoms with Crippen LogP contribution in [0.4, 0.5) is 0 Å². The molecule has 1 amide bonds. The smallest absolute Gasteiger partial charge is 0.259 e.